The third-order valence-electron chi connectivity index (χ3n) is 5.21. The molecule has 0 unspecified atom stereocenters. The number of hydrogen-bond acceptors (Lipinski definition) is 5. The van der Waals surface area contributed by atoms with E-state index in [4.69, 9.17) is 9.47 Å². The van der Waals surface area contributed by atoms with Crippen LogP contribution in [0.25, 0.3) is 0 Å². The van der Waals surface area contributed by atoms with E-state index in [0.717, 1.165) is 56.1 Å². The average molecular weight is 380 g/mol. The van der Waals surface area contributed by atoms with Crippen molar-refractivity contribution in [3.05, 3.63) is 65.2 Å². The molecule has 1 fully saturated rings. The molecule has 6 heteroatoms. The monoisotopic (exact) mass is 380 g/mol. The van der Waals surface area contributed by atoms with Gasteiger partial charge in [-0.25, -0.2) is 4.79 Å². The molecule has 0 aliphatic carbocycles. The molecular weight excluding hydrogens is 356 g/mol. The quantitative estimate of drug-likeness (QED) is 0.745. The predicted octanol–water partition coefficient (Wildman–Crippen LogP) is 2.26. The third kappa shape index (κ3) is 4.24. The van der Waals surface area contributed by atoms with Crippen molar-refractivity contribution >= 4 is 17.6 Å². The number of esters is 1. The van der Waals surface area contributed by atoms with Gasteiger partial charge in [-0.3, -0.25) is 9.69 Å². The van der Waals surface area contributed by atoms with Gasteiger partial charge in [-0.05, 0) is 35.7 Å². The highest BCUT2D eigenvalue weighted by atomic mass is 16.5. The van der Waals surface area contributed by atoms with E-state index in [0.29, 0.717) is 12.1 Å². The normalized spacial score (nSPS) is 16.6. The van der Waals surface area contributed by atoms with Crippen molar-refractivity contribution in [1.82, 2.24) is 4.90 Å². The fraction of sp³-hybridized carbons (Fsp3) is 0.364. The fourth-order valence-electron chi connectivity index (χ4n) is 3.65. The Balaban J connectivity index is 1.29. The van der Waals surface area contributed by atoms with E-state index in [1.54, 1.807) is 17.0 Å². The van der Waals surface area contributed by atoms with Crippen LogP contribution in [0.4, 0.5) is 5.69 Å². The first kappa shape index (κ1) is 18.7. The van der Waals surface area contributed by atoms with E-state index in [9.17, 15) is 9.59 Å². The van der Waals surface area contributed by atoms with Gasteiger partial charge in [0.05, 0.1) is 18.8 Å². The van der Waals surface area contributed by atoms with Crippen molar-refractivity contribution < 1.29 is 19.1 Å². The summed E-state index contributed by atoms with van der Waals surface area (Å²) < 4.78 is 10.6. The molecule has 2 aliphatic heterocycles. The Hall–Kier alpha value is -2.70. The van der Waals surface area contributed by atoms with E-state index in [1.165, 1.54) is 0 Å². The first-order valence-electron chi connectivity index (χ1n) is 9.65. The Morgan fingerprint density at radius 1 is 0.964 bits per heavy atom. The molecule has 146 valence electrons. The van der Waals surface area contributed by atoms with Gasteiger partial charge in [-0.1, -0.05) is 30.3 Å². The second-order valence-corrected chi connectivity index (χ2v) is 7.09. The highest BCUT2D eigenvalue weighted by Crippen LogP contribution is 2.27. The van der Waals surface area contributed by atoms with Gasteiger partial charge in [0.25, 0.3) is 5.91 Å². The van der Waals surface area contributed by atoms with Gasteiger partial charge >= 0.3 is 5.97 Å². The zero-order valence-corrected chi connectivity index (χ0v) is 15.8. The van der Waals surface area contributed by atoms with Gasteiger partial charge in [0.2, 0.25) is 0 Å². The second-order valence-electron chi connectivity index (χ2n) is 7.09. The van der Waals surface area contributed by atoms with E-state index in [-0.39, 0.29) is 12.5 Å². The first-order chi connectivity index (χ1) is 13.7. The second kappa shape index (κ2) is 8.54. The summed E-state index contributed by atoms with van der Waals surface area (Å²) in [7, 11) is 0. The molecule has 2 heterocycles. The van der Waals surface area contributed by atoms with Crippen LogP contribution in [0.3, 0.4) is 0 Å². The Kier molecular flexibility index (Phi) is 5.69. The molecule has 0 saturated carbocycles. The average Bonchev–Trinajstić information content (AvgIpc) is 3.17. The third-order valence-corrected chi connectivity index (χ3v) is 5.21. The van der Waals surface area contributed by atoms with Crippen LogP contribution in [0.1, 0.15) is 21.5 Å². The molecule has 1 amide bonds. The van der Waals surface area contributed by atoms with Crippen LogP contribution in [0, 0.1) is 0 Å². The van der Waals surface area contributed by atoms with Crippen molar-refractivity contribution in [1.29, 1.82) is 0 Å². The summed E-state index contributed by atoms with van der Waals surface area (Å²) in [6.45, 7) is 4.59. The molecule has 0 N–H and O–H groups in total. The minimum atomic E-state index is -0.473. The van der Waals surface area contributed by atoms with Gasteiger partial charge in [0.15, 0.2) is 6.61 Å². The molecule has 4 rings (SSSR count). The van der Waals surface area contributed by atoms with Crippen molar-refractivity contribution in [3.8, 4) is 0 Å². The lowest BCUT2D eigenvalue weighted by Crippen LogP contribution is -2.35. The molecule has 1 saturated heterocycles. The number of nitrogens with zero attached hydrogens (tertiary/aromatic N) is 2. The number of anilines is 1. The first-order valence-corrected chi connectivity index (χ1v) is 9.65. The van der Waals surface area contributed by atoms with Crippen molar-refractivity contribution in [2.45, 2.75) is 13.0 Å². The molecule has 28 heavy (non-hydrogen) atoms. The zero-order valence-electron chi connectivity index (χ0n) is 15.8. The van der Waals surface area contributed by atoms with Gasteiger partial charge in [0, 0.05) is 31.9 Å². The number of rotatable bonds is 5. The standard InChI is InChI=1S/C22H24N2O4/c25-21(24-10-9-18-3-1-2-4-20(18)24)16-28-22(26)19-7-5-17(6-8-19)15-23-11-13-27-14-12-23/h1-8H,9-16H2. The van der Waals surface area contributed by atoms with Crippen LogP contribution in [0.5, 0.6) is 0 Å². The highest BCUT2D eigenvalue weighted by Gasteiger charge is 2.25. The molecule has 2 aromatic carbocycles. The van der Waals surface area contributed by atoms with E-state index < -0.39 is 5.97 Å². The van der Waals surface area contributed by atoms with Gasteiger partial charge in [0.1, 0.15) is 0 Å². The summed E-state index contributed by atoms with van der Waals surface area (Å²) in [6.07, 6.45) is 0.834. The maximum atomic E-state index is 12.5. The van der Waals surface area contributed by atoms with Crippen LogP contribution >= 0.6 is 0 Å². The van der Waals surface area contributed by atoms with Crippen LogP contribution in [-0.4, -0.2) is 56.2 Å². The Labute approximate surface area is 164 Å². The predicted molar refractivity (Wildman–Crippen MR) is 105 cm³/mol. The lowest BCUT2D eigenvalue weighted by atomic mass is 10.1. The van der Waals surface area contributed by atoms with Crippen LogP contribution in [0.2, 0.25) is 0 Å². The summed E-state index contributed by atoms with van der Waals surface area (Å²) in [5.41, 5.74) is 3.66. The smallest absolute Gasteiger partial charge is 0.338 e. The molecule has 2 aliphatic rings. The maximum Gasteiger partial charge on any atom is 0.338 e. The van der Waals surface area contributed by atoms with Crippen molar-refractivity contribution in [3.63, 3.8) is 0 Å². The van der Waals surface area contributed by atoms with Crippen LogP contribution in [0.15, 0.2) is 48.5 Å². The summed E-state index contributed by atoms with van der Waals surface area (Å²) in [5.74, 6) is -0.666. The summed E-state index contributed by atoms with van der Waals surface area (Å²) in [4.78, 5) is 28.8. The topological polar surface area (TPSA) is 59.1 Å². The van der Waals surface area contributed by atoms with Gasteiger partial charge in [-0.2, -0.15) is 0 Å². The number of fused-ring (bicyclic) bond motifs is 1. The van der Waals surface area contributed by atoms with E-state index >= 15 is 0 Å². The molecule has 0 spiro atoms. The van der Waals surface area contributed by atoms with Crippen molar-refractivity contribution in [2.75, 3.05) is 44.4 Å². The van der Waals surface area contributed by atoms with Crippen molar-refractivity contribution in [2.24, 2.45) is 0 Å². The highest BCUT2D eigenvalue weighted by molar-refractivity contribution is 5.98. The number of carbonyl (C=O) groups is 2. The SMILES string of the molecule is O=C(OCC(=O)N1CCc2ccccc21)c1ccc(CN2CCOCC2)cc1. The zero-order chi connectivity index (χ0) is 19.3. The number of benzene rings is 2. The summed E-state index contributed by atoms with van der Waals surface area (Å²) in [5, 5.41) is 0. The van der Waals surface area contributed by atoms with Gasteiger partial charge < -0.3 is 14.4 Å². The lowest BCUT2D eigenvalue weighted by Gasteiger charge is -2.26. The molecule has 0 radical (unpaired) electrons. The summed E-state index contributed by atoms with van der Waals surface area (Å²) in [6, 6.07) is 15.2. The fourth-order valence-corrected chi connectivity index (χ4v) is 3.65. The lowest BCUT2D eigenvalue weighted by molar-refractivity contribution is -0.121. The minimum Gasteiger partial charge on any atom is -0.452 e. The number of para-hydroxylation sites is 1. The van der Waals surface area contributed by atoms with Crippen LogP contribution in [-0.2, 0) is 27.2 Å². The van der Waals surface area contributed by atoms with E-state index in [2.05, 4.69) is 4.90 Å². The Morgan fingerprint density at radius 2 is 1.71 bits per heavy atom. The summed E-state index contributed by atoms with van der Waals surface area (Å²) >= 11 is 0. The number of morpholine rings is 1. The Morgan fingerprint density at radius 3 is 2.50 bits per heavy atom. The molecule has 6 nitrogen and oxygen atoms in total. The largest absolute Gasteiger partial charge is 0.452 e. The molecular formula is C22H24N2O4. The van der Waals surface area contributed by atoms with Crippen LogP contribution < -0.4 is 4.90 Å². The number of hydrogen-bond donors (Lipinski definition) is 0. The number of carbonyl (C=O) groups excluding carboxylic acids is 2. The number of ether oxygens (including phenoxy) is 2. The maximum absolute atomic E-state index is 12.5. The molecule has 0 bridgehead atoms. The number of amides is 1. The molecule has 0 aromatic heterocycles. The van der Waals surface area contributed by atoms with E-state index in [1.807, 2.05) is 36.4 Å². The molecule has 2 aromatic rings. The Bertz CT molecular complexity index is 844. The minimum absolute atomic E-state index is 0.192. The molecule has 0 atom stereocenters. The van der Waals surface area contributed by atoms with Gasteiger partial charge in [-0.15, -0.1) is 0 Å².